The zero-order valence-electron chi connectivity index (χ0n) is 11.9. The van der Waals surface area contributed by atoms with Crippen molar-refractivity contribution in [2.75, 3.05) is 11.6 Å². The number of hydrogen-bond acceptors (Lipinski definition) is 3. The minimum Gasteiger partial charge on any atom is -0.466 e. The number of alkyl halides is 3. The Morgan fingerprint density at radius 2 is 1.95 bits per heavy atom. The summed E-state index contributed by atoms with van der Waals surface area (Å²) in [6, 6.07) is 6.62. The maximum absolute atomic E-state index is 12.5. The van der Waals surface area contributed by atoms with E-state index in [0.717, 1.165) is 12.6 Å². The topological polar surface area (TPSA) is 41.6 Å². The van der Waals surface area contributed by atoms with Gasteiger partial charge >= 0.3 is 6.18 Å². The maximum Gasteiger partial charge on any atom is 0.450 e. The molecule has 2 atom stereocenters. The van der Waals surface area contributed by atoms with Crippen molar-refractivity contribution < 1.29 is 22.7 Å². The van der Waals surface area contributed by atoms with E-state index in [4.69, 9.17) is 0 Å². The number of benzene rings is 1. The average molecular weight is 312 g/mol. The highest BCUT2D eigenvalue weighted by Gasteiger charge is 2.39. The van der Waals surface area contributed by atoms with Crippen LogP contribution in [-0.2, 0) is 4.74 Å². The number of anilines is 1. The van der Waals surface area contributed by atoms with Crippen molar-refractivity contribution in [3.05, 3.63) is 41.8 Å². The van der Waals surface area contributed by atoms with E-state index in [9.17, 15) is 18.0 Å². The highest BCUT2D eigenvalue weighted by molar-refractivity contribution is 5.95. The van der Waals surface area contributed by atoms with Gasteiger partial charge in [-0.15, -0.1) is 0 Å². The molecule has 2 aliphatic rings. The molecule has 4 nitrogen and oxygen atoms in total. The predicted molar refractivity (Wildman–Crippen MR) is 74.0 cm³/mol. The highest BCUT2D eigenvalue weighted by Crippen LogP contribution is 2.32. The van der Waals surface area contributed by atoms with Gasteiger partial charge in [0.05, 0.1) is 6.20 Å². The van der Waals surface area contributed by atoms with Crippen molar-refractivity contribution in [1.29, 1.82) is 0 Å². The van der Waals surface area contributed by atoms with Crippen molar-refractivity contribution in [3.63, 3.8) is 0 Å². The zero-order valence-corrected chi connectivity index (χ0v) is 11.9. The summed E-state index contributed by atoms with van der Waals surface area (Å²) in [7, 11) is 0. The SMILES string of the molecule is CC1CC1NC(=O)c1ccc(N2C=C(C(F)(F)F)OC2)cc1. The molecule has 1 N–H and O–H groups in total. The monoisotopic (exact) mass is 312 g/mol. The number of nitrogens with zero attached hydrogens (tertiary/aromatic N) is 1. The first-order chi connectivity index (χ1) is 10.3. The zero-order chi connectivity index (χ0) is 15.9. The fraction of sp³-hybridized carbons (Fsp3) is 0.400. The largest absolute Gasteiger partial charge is 0.466 e. The van der Waals surface area contributed by atoms with Crippen molar-refractivity contribution in [3.8, 4) is 0 Å². The van der Waals surface area contributed by atoms with Crippen LogP contribution < -0.4 is 10.2 Å². The van der Waals surface area contributed by atoms with Gasteiger partial charge in [0.2, 0.25) is 5.76 Å². The Morgan fingerprint density at radius 1 is 1.32 bits per heavy atom. The molecular formula is C15H15F3N2O2. The average Bonchev–Trinajstić information content (AvgIpc) is 2.96. The first-order valence-corrected chi connectivity index (χ1v) is 6.94. The quantitative estimate of drug-likeness (QED) is 0.933. The second-order valence-electron chi connectivity index (χ2n) is 5.57. The van der Waals surface area contributed by atoms with Gasteiger partial charge in [0.1, 0.15) is 0 Å². The number of ether oxygens (including phenoxy) is 1. The molecule has 3 rings (SSSR count). The lowest BCUT2D eigenvalue weighted by Gasteiger charge is -2.13. The van der Waals surface area contributed by atoms with Gasteiger partial charge in [0, 0.05) is 17.3 Å². The Hall–Kier alpha value is -2.18. The predicted octanol–water partition coefficient (Wildman–Crippen LogP) is 3.02. The summed E-state index contributed by atoms with van der Waals surface area (Å²) in [5.74, 6) is -0.668. The fourth-order valence-electron chi connectivity index (χ4n) is 2.24. The lowest BCUT2D eigenvalue weighted by Crippen LogP contribution is -2.26. The van der Waals surface area contributed by atoms with Gasteiger partial charge in [-0.1, -0.05) is 6.92 Å². The molecule has 1 aliphatic heterocycles. The van der Waals surface area contributed by atoms with Crippen LogP contribution in [0.15, 0.2) is 36.2 Å². The van der Waals surface area contributed by atoms with Gasteiger partial charge in [0.15, 0.2) is 6.73 Å². The van der Waals surface area contributed by atoms with Crippen LogP contribution in [0.1, 0.15) is 23.7 Å². The Balaban J connectivity index is 1.67. The highest BCUT2D eigenvalue weighted by atomic mass is 19.4. The molecule has 7 heteroatoms. The smallest absolute Gasteiger partial charge is 0.450 e. The summed E-state index contributed by atoms with van der Waals surface area (Å²) in [6.45, 7) is 1.87. The van der Waals surface area contributed by atoms with Crippen LogP contribution in [0.25, 0.3) is 0 Å². The van der Waals surface area contributed by atoms with Crippen LogP contribution in [0.5, 0.6) is 0 Å². The van der Waals surface area contributed by atoms with Crippen molar-refractivity contribution in [2.45, 2.75) is 25.6 Å². The number of nitrogens with one attached hydrogen (secondary N) is 1. The molecule has 1 aliphatic carbocycles. The molecule has 2 unspecified atom stereocenters. The summed E-state index contributed by atoms with van der Waals surface area (Å²) >= 11 is 0. The van der Waals surface area contributed by atoms with Gasteiger partial charge in [-0.25, -0.2) is 0 Å². The molecule has 118 valence electrons. The third-order valence-electron chi connectivity index (χ3n) is 3.80. The molecule has 0 bridgehead atoms. The summed E-state index contributed by atoms with van der Waals surface area (Å²) in [5, 5.41) is 2.90. The minimum atomic E-state index is -4.49. The van der Waals surface area contributed by atoms with Crippen LogP contribution in [-0.4, -0.2) is 24.9 Å². The van der Waals surface area contributed by atoms with E-state index in [1.165, 1.54) is 4.90 Å². The molecule has 0 saturated heterocycles. The Morgan fingerprint density at radius 3 is 2.45 bits per heavy atom. The number of carbonyl (C=O) groups excluding carboxylic acids is 1. The first kappa shape index (κ1) is 14.7. The van der Waals surface area contributed by atoms with Crippen LogP contribution in [0.4, 0.5) is 18.9 Å². The fourth-order valence-corrected chi connectivity index (χ4v) is 2.24. The van der Waals surface area contributed by atoms with Gasteiger partial charge in [-0.2, -0.15) is 13.2 Å². The van der Waals surface area contributed by atoms with E-state index in [2.05, 4.69) is 17.0 Å². The second-order valence-corrected chi connectivity index (χ2v) is 5.57. The standard InChI is InChI=1S/C15H15F3N2O2/c1-9-6-12(9)19-14(21)10-2-4-11(5-3-10)20-7-13(22-8-20)15(16,17)18/h2-5,7,9,12H,6,8H2,1H3,(H,19,21). The van der Waals surface area contributed by atoms with E-state index >= 15 is 0 Å². The number of hydrogen-bond donors (Lipinski definition) is 1. The van der Waals surface area contributed by atoms with E-state index in [0.29, 0.717) is 17.2 Å². The lowest BCUT2D eigenvalue weighted by molar-refractivity contribution is -0.126. The summed E-state index contributed by atoms with van der Waals surface area (Å²) in [6.07, 6.45) is -2.59. The molecule has 1 saturated carbocycles. The molecule has 1 aromatic carbocycles. The lowest BCUT2D eigenvalue weighted by atomic mass is 10.2. The molecule has 0 aromatic heterocycles. The van der Waals surface area contributed by atoms with Gasteiger partial charge in [-0.05, 0) is 36.6 Å². The van der Waals surface area contributed by atoms with E-state index in [1.54, 1.807) is 24.3 Å². The van der Waals surface area contributed by atoms with E-state index < -0.39 is 11.9 Å². The third kappa shape index (κ3) is 3.03. The second kappa shape index (κ2) is 5.23. The number of allylic oxidation sites excluding steroid dienone is 1. The Labute approximate surface area is 125 Å². The Bertz CT molecular complexity index is 610. The van der Waals surface area contributed by atoms with Crippen LogP contribution in [0, 0.1) is 5.92 Å². The van der Waals surface area contributed by atoms with Gasteiger partial charge in [0.25, 0.3) is 5.91 Å². The third-order valence-corrected chi connectivity index (χ3v) is 3.80. The van der Waals surface area contributed by atoms with Crippen molar-refractivity contribution >= 4 is 11.6 Å². The summed E-state index contributed by atoms with van der Waals surface area (Å²) in [5.41, 5.74) is 1.03. The van der Waals surface area contributed by atoms with Gasteiger partial charge < -0.3 is 15.0 Å². The molecule has 0 spiro atoms. The van der Waals surface area contributed by atoms with Gasteiger partial charge in [-0.3, -0.25) is 4.79 Å². The first-order valence-electron chi connectivity index (χ1n) is 6.94. The number of amides is 1. The molecular weight excluding hydrogens is 297 g/mol. The normalized spacial score (nSPS) is 23.8. The minimum absolute atomic E-state index is 0.162. The maximum atomic E-state index is 12.5. The number of halogens is 3. The van der Waals surface area contributed by atoms with Crippen LogP contribution in [0.2, 0.25) is 0 Å². The molecule has 1 aromatic rings. The molecule has 0 radical (unpaired) electrons. The summed E-state index contributed by atoms with van der Waals surface area (Å²) < 4.78 is 42.1. The molecule has 1 heterocycles. The van der Waals surface area contributed by atoms with E-state index in [1.807, 2.05) is 0 Å². The van der Waals surface area contributed by atoms with Crippen molar-refractivity contribution in [2.24, 2.45) is 5.92 Å². The number of rotatable bonds is 3. The number of carbonyl (C=O) groups is 1. The van der Waals surface area contributed by atoms with Crippen molar-refractivity contribution in [1.82, 2.24) is 5.32 Å². The molecule has 1 fully saturated rings. The van der Waals surface area contributed by atoms with Crippen LogP contribution in [0.3, 0.4) is 0 Å². The van der Waals surface area contributed by atoms with Crippen LogP contribution >= 0.6 is 0 Å². The summed E-state index contributed by atoms with van der Waals surface area (Å²) in [4.78, 5) is 13.3. The Kier molecular flexibility index (Phi) is 3.50. The molecule has 1 amide bonds. The molecule has 22 heavy (non-hydrogen) atoms. The van der Waals surface area contributed by atoms with E-state index in [-0.39, 0.29) is 18.7 Å².